The Hall–Kier alpha value is -1.72. The average Bonchev–Trinajstić information content (AvgIpc) is 2.97. The van der Waals surface area contributed by atoms with Crippen molar-refractivity contribution in [1.29, 1.82) is 0 Å². The molecule has 1 saturated heterocycles. The number of nitrogens with zero attached hydrogens (tertiary/aromatic N) is 1. The Morgan fingerprint density at radius 3 is 2.61 bits per heavy atom. The molecule has 0 aliphatic carbocycles. The van der Waals surface area contributed by atoms with Gasteiger partial charge in [0.25, 0.3) is 0 Å². The van der Waals surface area contributed by atoms with Crippen LogP contribution in [-0.4, -0.2) is 22.7 Å². The Morgan fingerprint density at radius 1 is 1.26 bits per heavy atom. The fraction of sp³-hybridized carbons (Fsp3) is 0.500. The summed E-state index contributed by atoms with van der Waals surface area (Å²) in [7, 11) is 0. The van der Waals surface area contributed by atoms with Crippen LogP contribution in [0.2, 0.25) is 0 Å². The van der Waals surface area contributed by atoms with E-state index in [0.717, 1.165) is 11.3 Å². The third-order valence-corrected chi connectivity index (χ3v) is 4.23. The van der Waals surface area contributed by atoms with Gasteiger partial charge in [0.15, 0.2) is 5.82 Å². The minimum absolute atomic E-state index is 0.0307. The van der Waals surface area contributed by atoms with Gasteiger partial charge in [0, 0.05) is 5.41 Å². The van der Waals surface area contributed by atoms with Gasteiger partial charge in [0.1, 0.15) is 5.82 Å². The first kappa shape index (κ1) is 16.1. The predicted molar refractivity (Wildman–Crippen MR) is 86.2 cm³/mol. The van der Waals surface area contributed by atoms with Gasteiger partial charge >= 0.3 is 0 Å². The predicted octanol–water partition coefficient (Wildman–Crippen LogP) is 4.31. The van der Waals surface area contributed by atoms with E-state index in [2.05, 4.69) is 37.7 Å². The number of aromatic nitrogens is 2. The molecule has 0 radical (unpaired) electrons. The second-order valence-electron chi connectivity index (χ2n) is 7.12. The maximum atomic E-state index is 13.0. The van der Waals surface area contributed by atoms with E-state index in [4.69, 9.17) is 9.47 Å². The largest absolute Gasteiger partial charge is 0.345 e. The summed E-state index contributed by atoms with van der Waals surface area (Å²) >= 11 is 0. The molecular weight excluding hydrogens is 295 g/mol. The first-order valence-corrected chi connectivity index (χ1v) is 7.95. The quantitative estimate of drug-likeness (QED) is 0.917. The summed E-state index contributed by atoms with van der Waals surface area (Å²) in [5.41, 5.74) is 1.66. The van der Waals surface area contributed by atoms with Crippen molar-refractivity contribution in [2.75, 3.05) is 6.61 Å². The van der Waals surface area contributed by atoms with Crippen molar-refractivity contribution in [3.63, 3.8) is 0 Å². The van der Waals surface area contributed by atoms with Gasteiger partial charge in [-0.05, 0) is 35.7 Å². The highest BCUT2D eigenvalue weighted by molar-refractivity contribution is 5.58. The maximum Gasteiger partial charge on any atom is 0.217 e. The van der Waals surface area contributed by atoms with Gasteiger partial charge in [-0.25, -0.2) is 9.37 Å². The van der Waals surface area contributed by atoms with Crippen LogP contribution >= 0.6 is 0 Å². The van der Waals surface area contributed by atoms with Crippen molar-refractivity contribution in [1.82, 2.24) is 9.97 Å². The molecule has 23 heavy (non-hydrogen) atoms. The molecule has 3 rings (SSSR count). The van der Waals surface area contributed by atoms with E-state index in [9.17, 15) is 4.39 Å². The number of rotatable bonds is 3. The number of nitrogens with one attached hydrogen (secondary N) is 1. The molecule has 1 aromatic heterocycles. The van der Waals surface area contributed by atoms with E-state index in [1.807, 2.05) is 0 Å². The van der Waals surface area contributed by atoms with E-state index in [1.54, 1.807) is 18.3 Å². The number of hydrogen-bond acceptors (Lipinski definition) is 3. The van der Waals surface area contributed by atoms with Crippen molar-refractivity contribution in [2.45, 2.75) is 40.1 Å². The molecule has 124 valence electrons. The van der Waals surface area contributed by atoms with Gasteiger partial charge in [-0.15, -0.1) is 0 Å². The summed E-state index contributed by atoms with van der Waals surface area (Å²) in [5, 5.41) is 0. The van der Waals surface area contributed by atoms with E-state index in [1.165, 1.54) is 12.1 Å². The SMILES string of the molecule is CC(C)C1OC(c2ncc(-c3ccc(F)cc3)[nH]2)OCC1(C)C. The summed E-state index contributed by atoms with van der Waals surface area (Å²) in [4.78, 5) is 7.60. The van der Waals surface area contributed by atoms with Crippen molar-refractivity contribution in [3.05, 3.63) is 42.1 Å². The van der Waals surface area contributed by atoms with E-state index in [0.29, 0.717) is 18.3 Å². The zero-order chi connectivity index (χ0) is 16.6. The molecule has 5 heteroatoms. The minimum Gasteiger partial charge on any atom is -0.345 e. The van der Waals surface area contributed by atoms with Crippen LogP contribution in [-0.2, 0) is 9.47 Å². The summed E-state index contributed by atoms with van der Waals surface area (Å²) in [6.07, 6.45) is 1.32. The Labute approximate surface area is 136 Å². The molecule has 0 spiro atoms. The van der Waals surface area contributed by atoms with Crippen LogP contribution in [0.25, 0.3) is 11.3 Å². The van der Waals surface area contributed by atoms with Crippen LogP contribution in [0, 0.1) is 17.2 Å². The molecule has 1 N–H and O–H groups in total. The number of benzene rings is 1. The molecule has 2 heterocycles. The van der Waals surface area contributed by atoms with Gasteiger partial charge in [-0.2, -0.15) is 0 Å². The zero-order valence-corrected chi connectivity index (χ0v) is 14.0. The topological polar surface area (TPSA) is 47.1 Å². The van der Waals surface area contributed by atoms with Crippen LogP contribution in [0.3, 0.4) is 0 Å². The smallest absolute Gasteiger partial charge is 0.217 e. The minimum atomic E-state index is -0.496. The van der Waals surface area contributed by atoms with Crippen LogP contribution in [0.1, 0.15) is 39.8 Å². The molecule has 4 nitrogen and oxygen atoms in total. The third-order valence-electron chi connectivity index (χ3n) is 4.23. The molecule has 2 atom stereocenters. The van der Waals surface area contributed by atoms with Crippen LogP contribution < -0.4 is 0 Å². The fourth-order valence-corrected chi connectivity index (χ4v) is 3.16. The van der Waals surface area contributed by atoms with Gasteiger partial charge in [0.2, 0.25) is 6.29 Å². The van der Waals surface area contributed by atoms with Crippen LogP contribution in [0.4, 0.5) is 4.39 Å². The molecule has 1 aliphatic heterocycles. The number of ether oxygens (including phenoxy) is 2. The van der Waals surface area contributed by atoms with E-state index in [-0.39, 0.29) is 17.3 Å². The number of aromatic amines is 1. The van der Waals surface area contributed by atoms with Gasteiger partial charge in [-0.1, -0.05) is 27.7 Å². The lowest BCUT2D eigenvalue weighted by Gasteiger charge is -2.43. The fourth-order valence-electron chi connectivity index (χ4n) is 3.16. The van der Waals surface area contributed by atoms with Gasteiger partial charge in [-0.3, -0.25) is 0 Å². The first-order chi connectivity index (χ1) is 10.9. The molecule has 2 unspecified atom stereocenters. The number of imidazole rings is 1. The van der Waals surface area contributed by atoms with Gasteiger partial charge in [0.05, 0.1) is 24.6 Å². The van der Waals surface area contributed by atoms with Crippen molar-refractivity contribution >= 4 is 0 Å². The normalized spacial score (nSPS) is 24.1. The Balaban J connectivity index is 1.79. The number of H-pyrrole nitrogens is 1. The Morgan fingerprint density at radius 2 is 1.96 bits per heavy atom. The zero-order valence-electron chi connectivity index (χ0n) is 14.0. The van der Waals surface area contributed by atoms with Crippen LogP contribution in [0.15, 0.2) is 30.5 Å². The lowest BCUT2D eigenvalue weighted by molar-refractivity contribution is -0.276. The second-order valence-corrected chi connectivity index (χ2v) is 7.12. The Kier molecular flexibility index (Phi) is 4.25. The van der Waals surface area contributed by atoms with E-state index >= 15 is 0 Å². The van der Waals surface area contributed by atoms with Crippen molar-refractivity contribution < 1.29 is 13.9 Å². The summed E-state index contributed by atoms with van der Waals surface area (Å²) in [5.74, 6) is 0.780. The average molecular weight is 318 g/mol. The molecule has 0 bridgehead atoms. The molecule has 0 saturated carbocycles. The second kappa shape index (κ2) is 6.06. The lowest BCUT2D eigenvalue weighted by atomic mass is 9.80. The van der Waals surface area contributed by atoms with Crippen LogP contribution in [0.5, 0.6) is 0 Å². The lowest BCUT2D eigenvalue weighted by Crippen LogP contribution is -2.45. The summed E-state index contributed by atoms with van der Waals surface area (Å²) in [6, 6.07) is 6.30. The molecule has 0 amide bonds. The third kappa shape index (κ3) is 3.31. The molecule has 2 aromatic rings. The van der Waals surface area contributed by atoms with E-state index < -0.39 is 6.29 Å². The highest BCUT2D eigenvalue weighted by atomic mass is 19.1. The first-order valence-electron chi connectivity index (χ1n) is 7.95. The monoisotopic (exact) mass is 318 g/mol. The standard InChI is InChI=1S/C18H23FN2O2/c1-11(2)15-18(3,4)10-22-17(23-15)16-20-9-14(21-16)12-5-7-13(19)8-6-12/h5-9,11,15,17H,10H2,1-4H3,(H,20,21). The number of hydrogen-bond donors (Lipinski definition) is 1. The Bertz CT molecular complexity index is 664. The molecular formula is C18H23FN2O2. The summed E-state index contributed by atoms with van der Waals surface area (Å²) < 4.78 is 25.0. The number of halogens is 1. The van der Waals surface area contributed by atoms with Gasteiger partial charge < -0.3 is 14.5 Å². The van der Waals surface area contributed by atoms with Crippen molar-refractivity contribution in [3.8, 4) is 11.3 Å². The molecule has 1 aliphatic rings. The summed E-state index contributed by atoms with van der Waals surface area (Å²) in [6.45, 7) is 9.23. The van der Waals surface area contributed by atoms with Crippen molar-refractivity contribution in [2.24, 2.45) is 11.3 Å². The highest BCUT2D eigenvalue weighted by Crippen LogP contribution is 2.39. The highest BCUT2D eigenvalue weighted by Gasteiger charge is 2.41. The molecule has 1 aromatic carbocycles. The molecule has 1 fully saturated rings. The maximum absolute atomic E-state index is 13.0.